The molecule has 4 heteroatoms. The summed E-state index contributed by atoms with van der Waals surface area (Å²) in [6.07, 6.45) is 0. The summed E-state index contributed by atoms with van der Waals surface area (Å²) in [5, 5.41) is 11.4. The molecule has 0 spiro atoms. The normalized spacial score (nSPS) is 18.3. The fraction of sp³-hybridized carbons (Fsp3) is 0.333. The molecule has 1 aromatic heterocycles. The maximum atomic E-state index is 13.5. The molecule has 2 aromatic carbocycles. The standard InChI is InChI=1S/C21H22FNO2/c1-20(2)12-25-21(3,4)18-17-15(6-5-7-16(17)24)23(19(18)20)14-10-8-13(22)9-11-14/h5-11,24H,12H2,1-4H3. The Morgan fingerprint density at radius 2 is 1.72 bits per heavy atom. The van der Waals surface area contributed by atoms with E-state index < -0.39 is 5.60 Å². The highest BCUT2D eigenvalue weighted by Crippen LogP contribution is 2.49. The summed E-state index contributed by atoms with van der Waals surface area (Å²) in [5.41, 5.74) is 3.12. The molecule has 0 saturated carbocycles. The Morgan fingerprint density at radius 1 is 1.04 bits per heavy atom. The number of halogens is 1. The molecule has 1 aliphatic rings. The third-order valence-electron chi connectivity index (χ3n) is 5.09. The quantitative estimate of drug-likeness (QED) is 0.675. The van der Waals surface area contributed by atoms with Crippen molar-refractivity contribution in [2.45, 2.75) is 38.7 Å². The van der Waals surface area contributed by atoms with Gasteiger partial charge in [0.25, 0.3) is 0 Å². The maximum Gasteiger partial charge on any atom is 0.125 e. The van der Waals surface area contributed by atoms with E-state index in [2.05, 4.69) is 18.4 Å². The molecule has 0 bridgehead atoms. The Morgan fingerprint density at radius 3 is 2.40 bits per heavy atom. The summed E-state index contributed by atoms with van der Waals surface area (Å²) < 4.78 is 21.7. The number of nitrogens with zero attached hydrogens (tertiary/aromatic N) is 1. The summed E-state index contributed by atoms with van der Waals surface area (Å²) >= 11 is 0. The van der Waals surface area contributed by atoms with Crippen molar-refractivity contribution in [2.24, 2.45) is 0 Å². The van der Waals surface area contributed by atoms with Gasteiger partial charge in [0.1, 0.15) is 11.6 Å². The molecular weight excluding hydrogens is 317 g/mol. The number of hydrogen-bond donors (Lipinski definition) is 1. The molecule has 1 aliphatic heterocycles. The van der Waals surface area contributed by atoms with Crippen molar-refractivity contribution < 1.29 is 14.2 Å². The van der Waals surface area contributed by atoms with Crippen molar-refractivity contribution in [2.75, 3.05) is 6.61 Å². The van der Waals surface area contributed by atoms with Crippen molar-refractivity contribution in [1.29, 1.82) is 0 Å². The number of fused-ring (bicyclic) bond motifs is 3. The SMILES string of the molecule is CC1(C)COC(C)(C)c2c1n(-c1ccc(F)cc1)c1cccc(O)c21. The van der Waals surface area contributed by atoms with E-state index in [1.807, 2.05) is 26.0 Å². The molecular formula is C21H22FNO2. The molecule has 0 unspecified atom stereocenters. The molecule has 25 heavy (non-hydrogen) atoms. The number of aromatic hydroxyl groups is 1. The van der Waals surface area contributed by atoms with Crippen LogP contribution >= 0.6 is 0 Å². The number of hydrogen-bond acceptors (Lipinski definition) is 2. The van der Waals surface area contributed by atoms with E-state index in [1.165, 1.54) is 12.1 Å². The molecule has 4 rings (SSSR count). The number of ether oxygens (including phenoxy) is 1. The molecule has 3 aromatic rings. The van der Waals surface area contributed by atoms with E-state index in [-0.39, 0.29) is 17.0 Å². The van der Waals surface area contributed by atoms with Gasteiger partial charge in [-0.1, -0.05) is 19.9 Å². The minimum Gasteiger partial charge on any atom is -0.507 e. The largest absolute Gasteiger partial charge is 0.507 e. The van der Waals surface area contributed by atoms with Crippen LogP contribution in [0.3, 0.4) is 0 Å². The van der Waals surface area contributed by atoms with Gasteiger partial charge in [-0.05, 0) is 50.2 Å². The minimum atomic E-state index is -0.521. The van der Waals surface area contributed by atoms with Crippen LogP contribution in [-0.4, -0.2) is 16.3 Å². The van der Waals surface area contributed by atoms with Crippen molar-refractivity contribution in [3.8, 4) is 11.4 Å². The van der Waals surface area contributed by atoms with Crippen LogP contribution in [0.25, 0.3) is 16.6 Å². The van der Waals surface area contributed by atoms with Crippen LogP contribution in [-0.2, 0) is 15.8 Å². The van der Waals surface area contributed by atoms with Crippen LogP contribution in [0, 0.1) is 5.82 Å². The van der Waals surface area contributed by atoms with Crippen LogP contribution in [0.5, 0.6) is 5.75 Å². The number of rotatable bonds is 1. The number of phenols is 1. The van der Waals surface area contributed by atoms with Gasteiger partial charge in [-0.2, -0.15) is 0 Å². The van der Waals surface area contributed by atoms with E-state index in [0.29, 0.717) is 6.61 Å². The molecule has 0 amide bonds. The van der Waals surface area contributed by atoms with Crippen LogP contribution in [0.2, 0.25) is 0 Å². The lowest BCUT2D eigenvalue weighted by atomic mass is 9.79. The molecule has 3 nitrogen and oxygen atoms in total. The second-order valence-corrected chi connectivity index (χ2v) is 7.89. The van der Waals surface area contributed by atoms with Crippen molar-refractivity contribution in [3.05, 3.63) is 59.5 Å². The first-order valence-corrected chi connectivity index (χ1v) is 8.50. The molecule has 0 radical (unpaired) electrons. The maximum absolute atomic E-state index is 13.5. The second kappa shape index (κ2) is 5.09. The Balaban J connectivity index is 2.20. The van der Waals surface area contributed by atoms with Gasteiger partial charge in [0.05, 0.1) is 17.7 Å². The van der Waals surface area contributed by atoms with Gasteiger partial charge in [-0.15, -0.1) is 0 Å². The molecule has 0 aliphatic carbocycles. The van der Waals surface area contributed by atoms with E-state index in [9.17, 15) is 9.50 Å². The minimum absolute atomic E-state index is 0.240. The Kier molecular flexibility index (Phi) is 3.29. The number of benzene rings is 2. The summed E-state index contributed by atoms with van der Waals surface area (Å²) in [5.74, 6) is -0.0242. The summed E-state index contributed by atoms with van der Waals surface area (Å²) in [7, 11) is 0. The van der Waals surface area contributed by atoms with Crippen LogP contribution in [0.1, 0.15) is 39.0 Å². The lowest BCUT2D eigenvalue weighted by molar-refractivity contribution is -0.0590. The molecule has 0 saturated heterocycles. The van der Waals surface area contributed by atoms with Crippen molar-refractivity contribution in [1.82, 2.24) is 4.57 Å². The first-order chi connectivity index (χ1) is 11.7. The van der Waals surface area contributed by atoms with Gasteiger partial charge in [0.15, 0.2) is 0 Å². The van der Waals surface area contributed by atoms with Gasteiger partial charge >= 0.3 is 0 Å². The Labute approximate surface area is 146 Å². The molecule has 0 atom stereocenters. The predicted octanol–water partition coefficient (Wildman–Crippen LogP) is 5.02. The third kappa shape index (κ3) is 2.28. The van der Waals surface area contributed by atoms with Gasteiger partial charge in [-0.25, -0.2) is 4.39 Å². The highest BCUT2D eigenvalue weighted by Gasteiger charge is 2.43. The van der Waals surface area contributed by atoms with Gasteiger partial charge in [-0.3, -0.25) is 0 Å². The first-order valence-electron chi connectivity index (χ1n) is 8.50. The average molecular weight is 339 g/mol. The zero-order valence-electron chi connectivity index (χ0n) is 14.9. The third-order valence-corrected chi connectivity index (χ3v) is 5.09. The topological polar surface area (TPSA) is 34.4 Å². The summed E-state index contributed by atoms with van der Waals surface area (Å²) in [6, 6.07) is 12.0. The summed E-state index contributed by atoms with van der Waals surface area (Å²) in [4.78, 5) is 0. The van der Waals surface area contributed by atoms with Crippen LogP contribution < -0.4 is 0 Å². The molecule has 2 heterocycles. The van der Waals surface area contributed by atoms with E-state index in [1.54, 1.807) is 18.2 Å². The van der Waals surface area contributed by atoms with Gasteiger partial charge < -0.3 is 14.4 Å². The lowest BCUT2D eigenvalue weighted by Crippen LogP contribution is -2.40. The molecule has 0 fully saturated rings. The predicted molar refractivity (Wildman–Crippen MR) is 96.9 cm³/mol. The monoisotopic (exact) mass is 339 g/mol. The zero-order chi connectivity index (χ0) is 18.0. The fourth-order valence-electron chi connectivity index (χ4n) is 3.91. The number of aromatic nitrogens is 1. The van der Waals surface area contributed by atoms with Crippen LogP contribution in [0.15, 0.2) is 42.5 Å². The Hall–Kier alpha value is -2.33. The van der Waals surface area contributed by atoms with E-state index in [4.69, 9.17) is 4.74 Å². The van der Waals surface area contributed by atoms with Crippen LogP contribution in [0.4, 0.5) is 4.39 Å². The Bertz CT molecular complexity index is 968. The fourth-order valence-corrected chi connectivity index (χ4v) is 3.91. The van der Waals surface area contributed by atoms with E-state index in [0.717, 1.165) is 27.8 Å². The van der Waals surface area contributed by atoms with E-state index >= 15 is 0 Å². The smallest absolute Gasteiger partial charge is 0.125 e. The second-order valence-electron chi connectivity index (χ2n) is 7.89. The molecule has 1 N–H and O–H groups in total. The van der Waals surface area contributed by atoms with Gasteiger partial charge in [0.2, 0.25) is 0 Å². The average Bonchev–Trinajstić information content (AvgIpc) is 2.92. The first kappa shape index (κ1) is 16.2. The van der Waals surface area contributed by atoms with Gasteiger partial charge in [0, 0.05) is 27.7 Å². The highest BCUT2D eigenvalue weighted by atomic mass is 19.1. The highest BCUT2D eigenvalue weighted by molar-refractivity contribution is 5.93. The van der Waals surface area contributed by atoms with Crippen molar-refractivity contribution in [3.63, 3.8) is 0 Å². The molecule has 130 valence electrons. The lowest BCUT2D eigenvalue weighted by Gasteiger charge is -2.41. The zero-order valence-corrected chi connectivity index (χ0v) is 14.9. The van der Waals surface area contributed by atoms with Crippen molar-refractivity contribution >= 4 is 10.9 Å². The number of phenolic OH excluding ortho intramolecular Hbond substituents is 1. The summed E-state index contributed by atoms with van der Waals surface area (Å²) in [6.45, 7) is 8.91.